The minimum atomic E-state index is -0.383. The van der Waals surface area contributed by atoms with Crippen molar-refractivity contribution in [3.05, 3.63) is 34.9 Å². The zero-order valence-electron chi connectivity index (χ0n) is 8.37. The summed E-state index contributed by atoms with van der Waals surface area (Å²) in [6.45, 7) is 0.540. The Hall–Kier alpha value is -0.860. The van der Waals surface area contributed by atoms with Crippen LogP contribution in [0.5, 0.6) is 0 Å². The average molecular weight is 191 g/mol. The molecule has 0 spiro atoms. The molecule has 2 nitrogen and oxygen atoms in total. The highest BCUT2D eigenvalue weighted by Crippen LogP contribution is 2.26. The van der Waals surface area contributed by atoms with E-state index < -0.39 is 0 Å². The maximum absolute atomic E-state index is 9.77. The van der Waals surface area contributed by atoms with Gasteiger partial charge in [-0.3, -0.25) is 0 Å². The van der Waals surface area contributed by atoms with Gasteiger partial charge in [0.2, 0.25) is 0 Å². The number of aliphatic hydroxyl groups is 1. The summed E-state index contributed by atoms with van der Waals surface area (Å²) in [6, 6.07) is 6.32. The van der Waals surface area contributed by atoms with Gasteiger partial charge in [0, 0.05) is 0 Å². The second-order valence-corrected chi connectivity index (χ2v) is 3.97. The maximum atomic E-state index is 9.77. The second kappa shape index (κ2) is 4.11. The summed E-state index contributed by atoms with van der Waals surface area (Å²) in [4.78, 5) is 0. The van der Waals surface area contributed by atoms with E-state index >= 15 is 0 Å². The van der Waals surface area contributed by atoms with Crippen LogP contribution in [0.3, 0.4) is 0 Å². The fraction of sp³-hybridized carbons (Fsp3) is 0.500. The first-order valence-electron chi connectivity index (χ1n) is 5.31. The molecular weight excluding hydrogens is 174 g/mol. The maximum Gasteiger partial charge on any atom is 0.0802 e. The molecule has 1 atom stereocenters. The molecule has 0 amide bonds. The molecule has 0 fully saturated rings. The molecule has 0 unspecified atom stereocenters. The zero-order valence-corrected chi connectivity index (χ0v) is 8.37. The number of aryl methyl sites for hydroxylation is 2. The van der Waals surface area contributed by atoms with Crippen LogP contribution in [0.15, 0.2) is 18.2 Å². The van der Waals surface area contributed by atoms with Gasteiger partial charge in [-0.1, -0.05) is 18.2 Å². The fourth-order valence-electron chi connectivity index (χ4n) is 2.12. The summed E-state index contributed by atoms with van der Waals surface area (Å²) in [5, 5.41) is 9.77. The Morgan fingerprint density at radius 3 is 2.86 bits per heavy atom. The molecule has 0 radical (unpaired) electrons. The third-order valence-electron chi connectivity index (χ3n) is 2.95. The third kappa shape index (κ3) is 1.81. The number of nitrogens with two attached hydrogens (primary N) is 1. The fourth-order valence-corrected chi connectivity index (χ4v) is 2.12. The van der Waals surface area contributed by atoms with Gasteiger partial charge in [0.1, 0.15) is 0 Å². The highest BCUT2D eigenvalue weighted by Gasteiger charge is 2.13. The Kier molecular flexibility index (Phi) is 2.85. The standard InChI is InChI=1S/C12H17NO/c13-7-6-12(14)11-5-4-9-2-1-3-10(9)8-11/h4-5,8,12,14H,1-3,6-7,13H2/t12-/m1/s1. The molecule has 0 saturated heterocycles. The zero-order chi connectivity index (χ0) is 9.97. The van der Waals surface area contributed by atoms with Crippen molar-refractivity contribution in [3.8, 4) is 0 Å². The van der Waals surface area contributed by atoms with Crippen LogP contribution >= 0.6 is 0 Å². The van der Waals surface area contributed by atoms with Gasteiger partial charge in [0.05, 0.1) is 6.10 Å². The summed E-state index contributed by atoms with van der Waals surface area (Å²) in [7, 11) is 0. The summed E-state index contributed by atoms with van der Waals surface area (Å²) in [5.74, 6) is 0. The summed E-state index contributed by atoms with van der Waals surface area (Å²) in [6.07, 6.45) is 3.89. The molecule has 1 aromatic rings. The van der Waals surface area contributed by atoms with E-state index in [4.69, 9.17) is 5.73 Å². The van der Waals surface area contributed by atoms with E-state index in [1.54, 1.807) is 0 Å². The Labute approximate surface area is 84.7 Å². The Morgan fingerprint density at radius 2 is 2.07 bits per heavy atom. The highest BCUT2D eigenvalue weighted by atomic mass is 16.3. The van der Waals surface area contributed by atoms with E-state index in [0.717, 1.165) is 5.56 Å². The van der Waals surface area contributed by atoms with Gasteiger partial charge in [-0.15, -0.1) is 0 Å². The number of hydrogen-bond acceptors (Lipinski definition) is 2. The average Bonchev–Trinajstić information content (AvgIpc) is 2.64. The lowest BCUT2D eigenvalue weighted by Gasteiger charge is -2.11. The number of hydrogen-bond donors (Lipinski definition) is 2. The van der Waals surface area contributed by atoms with Crippen molar-refractivity contribution in [2.45, 2.75) is 31.8 Å². The molecular formula is C12H17NO. The van der Waals surface area contributed by atoms with Crippen LogP contribution in [0.25, 0.3) is 0 Å². The monoisotopic (exact) mass is 191 g/mol. The van der Waals surface area contributed by atoms with Crippen LogP contribution in [-0.4, -0.2) is 11.7 Å². The summed E-state index contributed by atoms with van der Waals surface area (Å²) >= 11 is 0. The normalized spacial score (nSPS) is 16.7. The quantitative estimate of drug-likeness (QED) is 0.761. The molecule has 3 N–H and O–H groups in total. The first-order chi connectivity index (χ1) is 6.81. The summed E-state index contributed by atoms with van der Waals surface area (Å²) in [5.41, 5.74) is 9.31. The molecule has 0 aromatic heterocycles. The Morgan fingerprint density at radius 1 is 1.29 bits per heavy atom. The SMILES string of the molecule is NCC[C@@H](O)c1ccc2c(c1)CCC2. The van der Waals surface area contributed by atoms with Crippen molar-refractivity contribution < 1.29 is 5.11 Å². The van der Waals surface area contributed by atoms with Crippen molar-refractivity contribution in [2.24, 2.45) is 5.73 Å². The van der Waals surface area contributed by atoms with Crippen molar-refractivity contribution in [1.29, 1.82) is 0 Å². The van der Waals surface area contributed by atoms with Crippen molar-refractivity contribution in [1.82, 2.24) is 0 Å². The number of fused-ring (bicyclic) bond motifs is 1. The number of benzene rings is 1. The van der Waals surface area contributed by atoms with Gasteiger partial charge in [-0.2, -0.15) is 0 Å². The van der Waals surface area contributed by atoms with Gasteiger partial charge in [-0.25, -0.2) is 0 Å². The van der Waals surface area contributed by atoms with E-state index in [-0.39, 0.29) is 6.10 Å². The van der Waals surface area contributed by atoms with E-state index in [1.165, 1.54) is 30.4 Å². The molecule has 0 bridgehead atoms. The van der Waals surface area contributed by atoms with Gasteiger partial charge >= 0.3 is 0 Å². The molecule has 76 valence electrons. The third-order valence-corrected chi connectivity index (χ3v) is 2.95. The van der Waals surface area contributed by atoms with Gasteiger partial charge in [-0.05, 0) is 48.9 Å². The number of aliphatic hydroxyl groups excluding tert-OH is 1. The molecule has 1 aromatic carbocycles. The van der Waals surface area contributed by atoms with E-state index in [0.29, 0.717) is 13.0 Å². The minimum Gasteiger partial charge on any atom is -0.388 e. The largest absolute Gasteiger partial charge is 0.388 e. The van der Waals surface area contributed by atoms with Gasteiger partial charge in [0.15, 0.2) is 0 Å². The second-order valence-electron chi connectivity index (χ2n) is 3.97. The Balaban J connectivity index is 2.19. The van der Waals surface area contributed by atoms with E-state index in [2.05, 4.69) is 12.1 Å². The first kappa shape index (κ1) is 9.69. The lowest BCUT2D eigenvalue weighted by Crippen LogP contribution is -2.07. The predicted octanol–water partition coefficient (Wildman–Crippen LogP) is 1.56. The lowest BCUT2D eigenvalue weighted by atomic mass is 10.0. The smallest absolute Gasteiger partial charge is 0.0802 e. The van der Waals surface area contributed by atoms with Crippen LogP contribution in [0.1, 0.15) is 35.6 Å². The topological polar surface area (TPSA) is 46.2 Å². The van der Waals surface area contributed by atoms with Gasteiger partial charge < -0.3 is 10.8 Å². The highest BCUT2D eigenvalue weighted by molar-refractivity contribution is 5.36. The lowest BCUT2D eigenvalue weighted by molar-refractivity contribution is 0.170. The van der Waals surface area contributed by atoms with Crippen LogP contribution in [0, 0.1) is 0 Å². The molecule has 14 heavy (non-hydrogen) atoms. The molecule has 1 aliphatic carbocycles. The van der Waals surface area contributed by atoms with Gasteiger partial charge in [0.25, 0.3) is 0 Å². The molecule has 0 heterocycles. The summed E-state index contributed by atoms with van der Waals surface area (Å²) < 4.78 is 0. The Bertz CT molecular complexity index is 322. The van der Waals surface area contributed by atoms with Crippen molar-refractivity contribution in [2.75, 3.05) is 6.54 Å². The van der Waals surface area contributed by atoms with Crippen LogP contribution < -0.4 is 5.73 Å². The number of rotatable bonds is 3. The van der Waals surface area contributed by atoms with Crippen molar-refractivity contribution in [3.63, 3.8) is 0 Å². The predicted molar refractivity (Wildman–Crippen MR) is 57.1 cm³/mol. The van der Waals surface area contributed by atoms with Crippen LogP contribution in [0.4, 0.5) is 0 Å². The van der Waals surface area contributed by atoms with E-state index in [9.17, 15) is 5.11 Å². The molecule has 2 rings (SSSR count). The van der Waals surface area contributed by atoms with Crippen molar-refractivity contribution >= 4 is 0 Å². The minimum absolute atomic E-state index is 0.383. The van der Waals surface area contributed by atoms with Crippen LogP contribution in [0.2, 0.25) is 0 Å². The molecule has 1 aliphatic rings. The molecule has 0 saturated carbocycles. The van der Waals surface area contributed by atoms with E-state index in [1.807, 2.05) is 6.07 Å². The molecule has 0 aliphatic heterocycles. The first-order valence-corrected chi connectivity index (χ1v) is 5.31. The molecule has 2 heteroatoms. The van der Waals surface area contributed by atoms with Crippen LogP contribution in [-0.2, 0) is 12.8 Å².